The maximum atomic E-state index is 12.2. The quantitative estimate of drug-likeness (QED) is 0.542. The number of aromatic nitrogens is 1. The number of hydrogen-bond donors (Lipinski definition) is 1. The van der Waals surface area contributed by atoms with Gasteiger partial charge >= 0.3 is 5.63 Å². The van der Waals surface area contributed by atoms with E-state index < -0.39 is 5.63 Å². The predicted molar refractivity (Wildman–Crippen MR) is 84.9 cm³/mol. The zero-order chi connectivity index (χ0) is 15.1. The van der Waals surface area contributed by atoms with Crippen molar-refractivity contribution in [2.45, 2.75) is 0 Å². The Labute approximate surface area is 125 Å². The molecule has 22 heavy (non-hydrogen) atoms. The molecule has 4 rings (SSSR count). The van der Waals surface area contributed by atoms with E-state index in [0.29, 0.717) is 16.8 Å². The third-order valence-electron chi connectivity index (χ3n) is 3.59. The van der Waals surface area contributed by atoms with Gasteiger partial charge in [-0.15, -0.1) is 0 Å². The van der Waals surface area contributed by atoms with E-state index in [9.17, 15) is 9.90 Å². The number of benzene rings is 2. The van der Waals surface area contributed by atoms with Crippen LogP contribution in [0.15, 0.2) is 69.9 Å². The largest absolute Gasteiger partial charge is 0.508 e. The van der Waals surface area contributed by atoms with E-state index >= 15 is 0 Å². The number of phenols is 1. The molecular weight excluding hydrogens is 278 g/mol. The van der Waals surface area contributed by atoms with Gasteiger partial charge in [0.2, 0.25) is 0 Å². The van der Waals surface area contributed by atoms with Gasteiger partial charge in [0.15, 0.2) is 0 Å². The smallest absolute Gasteiger partial charge is 0.345 e. The van der Waals surface area contributed by atoms with E-state index in [1.807, 2.05) is 30.3 Å². The van der Waals surface area contributed by atoms with Gasteiger partial charge in [0.1, 0.15) is 11.3 Å². The molecule has 0 amide bonds. The number of fused-ring (bicyclic) bond motifs is 2. The Balaban J connectivity index is 1.97. The van der Waals surface area contributed by atoms with E-state index in [2.05, 4.69) is 4.98 Å². The van der Waals surface area contributed by atoms with Crippen molar-refractivity contribution >= 4 is 21.9 Å². The first kappa shape index (κ1) is 12.6. The van der Waals surface area contributed by atoms with Crippen LogP contribution in [0.4, 0.5) is 0 Å². The van der Waals surface area contributed by atoms with Crippen LogP contribution in [0, 0.1) is 0 Å². The summed E-state index contributed by atoms with van der Waals surface area (Å²) in [5, 5.41) is 11.2. The summed E-state index contributed by atoms with van der Waals surface area (Å²) in [5.41, 5.74) is 1.69. The fourth-order valence-electron chi connectivity index (χ4n) is 2.49. The van der Waals surface area contributed by atoms with Crippen molar-refractivity contribution in [2.24, 2.45) is 0 Å². The summed E-state index contributed by atoms with van der Waals surface area (Å²) < 4.78 is 5.28. The Morgan fingerprint density at radius 3 is 2.64 bits per heavy atom. The van der Waals surface area contributed by atoms with Crippen molar-refractivity contribution in [3.8, 4) is 17.0 Å². The fourth-order valence-corrected chi connectivity index (χ4v) is 2.49. The first-order chi connectivity index (χ1) is 10.7. The molecule has 0 saturated carbocycles. The van der Waals surface area contributed by atoms with Crippen molar-refractivity contribution < 1.29 is 9.52 Å². The molecule has 0 radical (unpaired) electrons. The van der Waals surface area contributed by atoms with Crippen LogP contribution in [0.2, 0.25) is 0 Å². The van der Waals surface area contributed by atoms with Gasteiger partial charge in [0.25, 0.3) is 0 Å². The molecule has 106 valence electrons. The first-order valence-corrected chi connectivity index (χ1v) is 6.84. The van der Waals surface area contributed by atoms with Crippen LogP contribution in [0.5, 0.6) is 5.75 Å². The molecule has 1 N–H and O–H groups in total. The van der Waals surface area contributed by atoms with Crippen molar-refractivity contribution in [1.82, 2.24) is 4.98 Å². The van der Waals surface area contributed by atoms with Crippen molar-refractivity contribution in [3.63, 3.8) is 0 Å². The minimum absolute atomic E-state index is 0.0623. The van der Waals surface area contributed by atoms with Crippen LogP contribution in [0.3, 0.4) is 0 Å². The zero-order valence-electron chi connectivity index (χ0n) is 11.5. The first-order valence-electron chi connectivity index (χ1n) is 6.84. The Morgan fingerprint density at radius 1 is 0.909 bits per heavy atom. The third kappa shape index (κ3) is 2.02. The molecule has 4 nitrogen and oxygen atoms in total. The Hall–Kier alpha value is -3.14. The monoisotopic (exact) mass is 289 g/mol. The minimum atomic E-state index is -0.471. The molecule has 4 aromatic rings. The van der Waals surface area contributed by atoms with Crippen LogP contribution in [0.25, 0.3) is 33.1 Å². The molecule has 2 aromatic heterocycles. The van der Waals surface area contributed by atoms with Gasteiger partial charge in [0, 0.05) is 16.8 Å². The van der Waals surface area contributed by atoms with Crippen LogP contribution in [-0.4, -0.2) is 10.1 Å². The molecule has 0 bridgehead atoms. The maximum absolute atomic E-state index is 12.2. The standard InChI is InChI=1S/C18H11NO3/c20-13-7-5-12-9-14(18(21)22-17(12)10-13)16-8-6-11-3-1-2-4-15(11)19-16/h1-10,20H. The second-order valence-corrected chi connectivity index (χ2v) is 5.06. The summed E-state index contributed by atoms with van der Waals surface area (Å²) in [7, 11) is 0. The molecule has 0 aliphatic carbocycles. The Bertz CT molecular complexity index is 1070. The summed E-state index contributed by atoms with van der Waals surface area (Å²) in [5.74, 6) is 0.0623. The lowest BCUT2D eigenvalue weighted by Crippen LogP contribution is -2.03. The lowest BCUT2D eigenvalue weighted by Gasteiger charge is -2.04. The normalized spacial score (nSPS) is 11.1. The summed E-state index contributed by atoms with van der Waals surface area (Å²) in [6.45, 7) is 0. The minimum Gasteiger partial charge on any atom is -0.508 e. The molecule has 0 aliphatic heterocycles. The molecule has 0 aliphatic rings. The SMILES string of the molecule is O=c1oc2cc(O)ccc2cc1-c1ccc2ccccc2n1. The fraction of sp³-hybridized carbons (Fsp3) is 0. The van der Waals surface area contributed by atoms with Gasteiger partial charge in [0.05, 0.1) is 16.8 Å². The molecule has 0 spiro atoms. The second kappa shape index (κ2) is 4.70. The average molecular weight is 289 g/mol. The van der Waals surface area contributed by atoms with Gasteiger partial charge in [-0.05, 0) is 30.3 Å². The molecule has 0 saturated heterocycles. The lowest BCUT2D eigenvalue weighted by molar-refractivity contribution is 0.473. The second-order valence-electron chi connectivity index (χ2n) is 5.06. The summed E-state index contributed by atoms with van der Waals surface area (Å²) in [6, 6.07) is 17.9. The summed E-state index contributed by atoms with van der Waals surface area (Å²) >= 11 is 0. The molecule has 0 fully saturated rings. The van der Waals surface area contributed by atoms with E-state index in [4.69, 9.17) is 4.42 Å². The Morgan fingerprint density at radius 2 is 1.73 bits per heavy atom. The Kier molecular flexibility index (Phi) is 2.69. The number of pyridine rings is 1. The van der Waals surface area contributed by atoms with E-state index in [-0.39, 0.29) is 5.75 Å². The number of hydrogen-bond acceptors (Lipinski definition) is 4. The van der Waals surface area contributed by atoms with Crippen molar-refractivity contribution in [2.75, 3.05) is 0 Å². The zero-order valence-corrected chi connectivity index (χ0v) is 11.5. The van der Waals surface area contributed by atoms with Crippen molar-refractivity contribution in [1.29, 1.82) is 0 Å². The van der Waals surface area contributed by atoms with Crippen LogP contribution < -0.4 is 5.63 Å². The molecule has 4 heteroatoms. The van der Waals surface area contributed by atoms with Gasteiger partial charge in [-0.1, -0.05) is 24.3 Å². The topological polar surface area (TPSA) is 63.3 Å². The number of aromatic hydroxyl groups is 1. The lowest BCUT2D eigenvalue weighted by atomic mass is 10.1. The van der Waals surface area contributed by atoms with Gasteiger partial charge in [-0.25, -0.2) is 9.78 Å². The number of nitrogens with zero attached hydrogens (tertiary/aromatic N) is 1. The molecule has 0 unspecified atom stereocenters. The average Bonchev–Trinajstić information content (AvgIpc) is 2.53. The molecule has 0 atom stereocenters. The number of rotatable bonds is 1. The molecule has 2 aromatic carbocycles. The highest BCUT2D eigenvalue weighted by Gasteiger charge is 2.10. The summed E-state index contributed by atoms with van der Waals surface area (Å²) in [4.78, 5) is 16.7. The highest BCUT2D eigenvalue weighted by Crippen LogP contribution is 2.24. The molecule has 2 heterocycles. The van der Waals surface area contributed by atoms with E-state index in [0.717, 1.165) is 16.3 Å². The van der Waals surface area contributed by atoms with Crippen molar-refractivity contribution in [3.05, 3.63) is 71.1 Å². The van der Waals surface area contributed by atoms with E-state index in [1.54, 1.807) is 24.3 Å². The summed E-state index contributed by atoms with van der Waals surface area (Å²) in [6.07, 6.45) is 0. The third-order valence-corrected chi connectivity index (χ3v) is 3.59. The maximum Gasteiger partial charge on any atom is 0.345 e. The van der Waals surface area contributed by atoms with Crippen LogP contribution in [-0.2, 0) is 0 Å². The highest BCUT2D eigenvalue weighted by atomic mass is 16.4. The highest BCUT2D eigenvalue weighted by molar-refractivity contribution is 5.85. The number of phenolic OH excluding ortho intramolecular Hbond substituents is 1. The van der Waals surface area contributed by atoms with Crippen LogP contribution >= 0.6 is 0 Å². The number of para-hydroxylation sites is 1. The van der Waals surface area contributed by atoms with Gasteiger partial charge in [-0.2, -0.15) is 0 Å². The molecular formula is C18H11NO3. The van der Waals surface area contributed by atoms with Crippen LogP contribution in [0.1, 0.15) is 0 Å². The van der Waals surface area contributed by atoms with Gasteiger partial charge in [-0.3, -0.25) is 0 Å². The predicted octanol–water partition coefficient (Wildman–Crippen LogP) is 3.71. The van der Waals surface area contributed by atoms with Gasteiger partial charge < -0.3 is 9.52 Å². The van der Waals surface area contributed by atoms with E-state index in [1.165, 1.54) is 6.07 Å².